The van der Waals surface area contributed by atoms with E-state index in [9.17, 15) is 9.18 Å². The van der Waals surface area contributed by atoms with Gasteiger partial charge in [-0.1, -0.05) is 12.1 Å². The van der Waals surface area contributed by atoms with Crippen LogP contribution in [0.25, 0.3) is 0 Å². The van der Waals surface area contributed by atoms with Crippen LogP contribution < -0.4 is 5.73 Å². The molecule has 0 aliphatic carbocycles. The molecule has 1 fully saturated rings. The summed E-state index contributed by atoms with van der Waals surface area (Å²) in [5.41, 5.74) is 7.65. The maximum Gasteiger partial charge on any atom is 0.265 e. The van der Waals surface area contributed by atoms with Gasteiger partial charge in [0, 0.05) is 25.6 Å². The lowest BCUT2D eigenvalue weighted by Crippen LogP contribution is -2.42. The fourth-order valence-corrected chi connectivity index (χ4v) is 3.82. The van der Waals surface area contributed by atoms with Crippen LogP contribution in [-0.2, 0) is 6.42 Å². The number of rotatable bonds is 3. The third-order valence-electron chi connectivity index (χ3n) is 4.13. The van der Waals surface area contributed by atoms with Crippen LogP contribution in [0.4, 0.5) is 4.39 Å². The Morgan fingerprint density at radius 1 is 1.35 bits per heavy atom. The average molecular weight is 333 g/mol. The summed E-state index contributed by atoms with van der Waals surface area (Å²) < 4.78 is 13.0. The zero-order valence-corrected chi connectivity index (χ0v) is 13.9. The summed E-state index contributed by atoms with van der Waals surface area (Å²) in [4.78, 5) is 19.7. The Bertz CT molecular complexity index is 690. The summed E-state index contributed by atoms with van der Waals surface area (Å²) in [6.45, 7) is 3.29. The van der Waals surface area contributed by atoms with Gasteiger partial charge in [-0.3, -0.25) is 4.79 Å². The second-order valence-electron chi connectivity index (χ2n) is 5.96. The second-order valence-corrected chi connectivity index (χ2v) is 7.04. The summed E-state index contributed by atoms with van der Waals surface area (Å²) >= 11 is 1.43. The lowest BCUT2D eigenvalue weighted by molar-refractivity contribution is 0.0718. The molecule has 2 heterocycles. The number of likely N-dealkylation sites (tertiary alicyclic amines) is 1. The standard InChI is InChI=1S/C17H20FN3OS/c1-11-16(17(22)21-8-6-14(19)7-9-21)23-15(20-11)10-12-2-4-13(18)5-3-12/h2-5,14H,6-10,19H2,1H3. The van der Waals surface area contributed by atoms with Crippen LogP contribution >= 0.6 is 11.3 Å². The van der Waals surface area contributed by atoms with E-state index in [4.69, 9.17) is 5.73 Å². The van der Waals surface area contributed by atoms with E-state index < -0.39 is 0 Å². The number of piperidine rings is 1. The van der Waals surface area contributed by atoms with Gasteiger partial charge in [-0.25, -0.2) is 9.37 Å². The first-order valence-corrected chi connectivity index (χ1v) is 8.60. The van der Waals surface area contributed by atoms with Gasteiger partial charge in [0.15, 0.2) is 0 Å². The predicted octanol–water partition coefficient (Wildman–Crippen LogP) is 2.74. The van der Waals surface area contributed by atoms with Crippen molar-refractivity contribution in [1.29, 1.82) is 0 Å². The number of halogens is 1. The number of nitrogens with two attached hydrogens (primary N) is 1. The van der Waals surface area contributed by atoms with Crippen molar-refractivity contribution >= 4 is 17.2 Å². The first kappa shape index (κ1) is 16.1. The zero-order chi connectivity index (χ0) is 16.4. The molecule has 2 aromatic rings. The lowest BCUT2D eigenvalue weighted by atomic mass is 10.1. The molecule has 0 radical (unpaired) electrons. The molecule has 1 aromatic heterocycles. The molecule has 0 unspecified atom stereocenters. The average Bonchev–Trinajstić information content (AvgIpc) is 2.90. The van der Waals surface area contributed by atoms with Gasteiger partial charge < -0.3 is 10.6 Å². The van der Waals surface area contributed by atoms with Crippen LogP contribution in [0.5, 0.6) is 0 Å². The van der Waals surface area contributed by atoms with Crippen LogP contribution in [0.1, 0.15) is 38.8 Å². The third-order valence-corrected chi connectivity index (χ3v) is 5.28. The molecule has 2 N–H and O–H groups in total. The molecule has 4 nitrogen and oxygen atoms in total. The first-order chi connectivity index (χ1) is 11.0. The largest absolute Gasteiger partial charge is 0.338 e. The van der Waals surface area contributed by atoms with E-state index in [-0.39, 0.29) is 17.8 Å². The molecule has 0 saturated carbocycles. The number of amides is 1. The molecule has 3 rings (SSSR count). The molecule has 0 spiro atoms. The van der Waals surface area contributed by atoms with Crippen molar-refractivity contribution < 1.29 is 9.18 Å². The highest BCUT2D eigenvalue weighted by atomic mass is 32.1. The van der Waals surface area contributed by atoms with Crippen molar-refractivity contribution in [2.24, 2.45) is 5.73 Å². The van der Waals surface area contributed by atoms with Gasteiger partial charge in [0.1, 0.15) is 10.7 Å². The quantitative estimate of drug-likeness (QED) is 0.939. The van der Waals surface area contributed by atoms with E-state index in [1.807, 2.05) is 11.8 Å². The molecule has 1 amide bonds. The predicted molar refractivity (Wildman–Crippen MR) is 89.2 cm³/mol. The Morgan fingerprint density at radius 2 is 2.00 bits per heavy atom. The monoisotopic (exact) mass is 333 g/mol. The van der Waals surface area contributed by atoms with Crippen LogP contribution in [0.3, 0.4) is 0 Å². The van der Waals surface area contributed by atoms with E-state index in [0.29, 0.717) is 24.4 Å². The summed E-state index contributed by atoms with van der Waals surface area (Å²) in [6, 6.07) is 6.59. The van der Waals surface area contributed by atoms with Gasteiger partial charge in [0.2, 0.25) is 0 Å². The van der Waals surface area contributed by atoms with Crippen molar-refractivity contribution in [3.63, 3.8) is 0 Å². The molecular formula is C17H20FN3OS. The number of aromatic nitrogens is 1. The van der Waals surface area contributed by atoms with Gasteiger partial charge in [-0.05, 0) is 37.5 Å². The van der Waals surface area contributed by atoms with Crippen LogP contribution in [0, 0.1) is 12.7 Å². The first-order valence-electron chi connectivity index (χ1n) is 7.78. The Morgan fingerprint density at radius 3 is 2.65 bits per heavy atom. The Labute approximate surface area is 139 Å². The van der Waals surface area contributed by atoms with Crippen molar-refractivity contribution in [1.82, 2.24) is 9.88 Å². The number of carbonyl (C=O) groups excluding carboxylic acids is 1. The maximum atomic E-state index is 13.0. The van der Waals surface area contributed by atoms with E-state index in [1.54, 1.807) is 12.1 Å². The van der Waals surface area contributed by atoms with Gasteiger partial charge in [-0.15, -0.1) is 11.3 Å². The van der Waals surface area contributed by atoms with Crippen LogP contribution in [0.15, 0.2) is 24.3 Å². The molecule has 1 aliphatic rings. The number of aryl methyl sites for hydroxylation is 1. The van der Waals surface area contributed by atoms with Crippen LogP contribution in [0.2, 0.25) is 0 Å². The number of nitrogens with zero attached hydrogens (tertiary/aromatic N) is 2. The SMILES string of the molecule is Cc1nc(Cc2ccc(F)cc2)sc1C(=O)N1CCC(N)CC1. The number of benzene rings is 1. The highest BCUT2D eigenvalue weighted by molar-refractivity contribution is 7.13. The molecule has 122 valence electrons. The highest BCUT2D eigenvalue weighted by Crippen LogP contribution is 2.24. The molecule has 1 aromatic carbocycles. The number of carbonyl (C=O) groups is 1. The molecule has 1 saturated heterocycles. The van der Waals surface area contributed by atoms with Gasteiger partial charge in [0.05, 0.1) is 10.7 Å². The lowest BCUT2D eigenvalue weighted by Gasteiger charge is -2.29. The Kier molecular flexibility index (Phi) is 4.73. The van der Waals surface area contributed by atoms with Crippen LogP contribution in [-0.4, -0.2) is 34.9 Å². The highest BCUT2D eigenvalue weighted by Gasteiger charge is 2.25. The topological polar surface area (TPSA) is 59.2 Å². The smallest absolute Gasteiger partial charge is 0.265 e. The van der Waals surface area contributed by atoms with E-state index in [0.717, 1.165) is 29.1 Å². The molecular weight excluding hydrogens is 313 g/mol. The molecule has 1 aliphatic heterocycles. The molecule has 0 atom stereocenters. The third kappa shape index (κ3) is 3.76. The minimum atomic E-state index is -0.247. The van der Waals surface area contributed by atoms with Crippen molar-refractivity contribution in [3.8, 4) is 0 Å². The van der Waals surface area contributed by atoms with E-state index in [1.165, 1.54) is 23.5 Å². The summed E-state index contributed by atoms with van der Waals surface area (Å²) in [5.74, 6) is -0.194. The molecule has 23 heavy (non-hydrogen) atoms. The summed E-state index contributed by atoms with van der Waals surface area (Å²) in [7, 11) is 0. The maximum absolute atomic E-state index is 13.0. The minimum absolute atomic E-state index is 0.0530. The normalized spacial score (nSPS) is 15.9. The fourth-order valence-electron chi connectivity index (χ4n) is 2.75. The van der Waals surface area contributed by atoms with Crippen molar-refractivity contribution in [2.45, 2.75) is 32.2 Å². The molecule has 0 bridgehead atoms. The van der Waals surface area contributed by atoms with Gasteiger partial charge >= 0.3 is 0 Å². The Balaban J connectivity index is 1.72. The number of hydrogen-bond donors (Lipinski definition) is 1. The summed E-state index contributed by atoms with van der Waals surface area (Å²) in [5, 5.41) is 0.881. The Hall–Kier alpha value is -1.79. The number of thiazole rings is 1. The van der Waals surface area contributed by atoms with Crippen molar-refractivity contribution in [2.75, 3.05) is 13.1 Å². The van der Waals surface area contributed by atoms with E-state index in [2.05, 4.69) is 4.98 Å². The van der Waals surface area contributed by atoms with E-state index >= 15 is 0 Å². The summed E-state index contributed by atoms with van der Waals surface area (Å²) in [6.07, 6.45) is 2.32. The molecule has 6 heteroatoms. The van der Waals surface area contributed by atoms with Gasteiger partial charge in [-0.2, -0.15) is 0 Å². The van der Waals surface area contributed by atoms with Gasteiger partial charge in [0.25, 0.3) is 5.91 Å². The number of hydrogen-bond acceptors (Lipinski definition) is 4. The fraction of sp³-hybridized carbons (Fsp3) is 0.412. The van der Waals surface area contributed by atoms with Crippen molar-refractivity contribution in [3.05, 3.63) is 51.2 Å². The second kappa shape index (κ2) is 6.76. The zero-order valence-electron chi connectivity index (χ0n) is 13.1. The minimum Gasteiger partial charge on any atom is -0.338 e.